The van der Waals surface area contributed by atoms with Crippen LogP contribution in [0.25, 0.3) is 0 Å². The van der Waals surface area contributed by atoms with E-state index in [1.54, 1.807) is 6.92 Å². The molecule has 0 bridgehead atoms. The molecule has 1 rings (SSSR count). The first kappa shape index (κ1) is 10.1. The maximum absolute atomic E-state index is 11.0. The molecule has 0 radical (unpaired) electrons. The molecule has 74 valence electrons. The number of hydrogen-bond donors (Lipinski definition) is 0. The average molecular weight is 185 g/mol. The van der Waals surface area contributed by atoms with Gasteiger partial charge < -0.3 is 9.47 Å². The Bertz CT molecular complexity index is 199. The Morgan fingerprint density at radius 2 is 2.15 bits per heavy atom. The third kappa shape index (κ3) is 3.94. The molecular weight excluding hydrogens is 170 g/mol. The van der Waals surface area contributed by atoms with Crippen molar-refractivity contribution in [1.29, 1.82) is 0 Å². The fraction of sp³-hybridized carbons (Fsp3) is 0.667. The summed E-state index contributed by atoms with van der Waals surface area (Å²) < 4.78 is 9.80. The zero-order valence-electron chi connectivity index (χ0n) is 7.91. The van der Waals surface area contributed by atoms with Gasteiger partial charge in [0.15, 0.2) is 5.76 Å². The van der Waals surface area contributed by atoms with E-state index in [-0.39, 0.29) is 5.76 Å². The molecule has 0 aromatic rings. The lowest BCUT2D eigenvalue weighted by Crippen LogP contribution is -2.14. The van der Waals surface area contributed by atoms with Crippen molar-refractivity contribution in [3.8, 4) is 0 Å². The maximum Gasteiger partial charge on any atom is 0.372 e. The van der Waals surface area contributed by atoms with Gasteiger partial charge in [-0.1, -0.05) is 0 Å². The molecule has 0 amide bonds. The Labute approximate surface area is 78.1 Å². The molecule has 13 heavy (non-hydrogen) atoms. The van der Waals surface area contributed by atoms with Crippen LogP contribution in [0, 0.1) is 0 Å². The van der Waals surface area contributed by atoms with Gasteiger partial charge in [-0.3, -0.25) is 4.90 Å². The molecule has 1 saturated heterocycles. The first-order valence-corrected chi connectivity index (χ1v) is 4.45. The van der Waals surface area contributed by atoms with Gasteiger partial charge in [-0.05, 0) is 13.5 Å². The summed E-state index contributed by atoms with van der Waals surface area (Å²) >= 11 is 0. The second kappa shape index (κ2) is 4.87. The number of esters is 1. The molecule has 0 atom stereocenters. The lowest BCUT2D eigenvalue weighted by Gasteiger charge is -2.07. The van der Waals surface area contributed by atoms with Crippen LogP contribution in [-0.2, 0) is 14.3 Å². The van der Waals surface area contributed by atoms with Crippen LogP contribution in [0.3, 0.4) is 0 Å². The summed E-state index contributed by atoms with van der Waals surface area (Å²) in [5, 5.41) is 0. The second-order valence-electron chi connectivity index (χ2n) is 2.83. The van der Waals surface area contributed by atoms with E-state index < -0.39 is 5.97 Å². The third-order valence-corrected chi connectivity index (χ3v) is 1.73. The topological polar surface area (TPSA) is 38.5 Å². The second-order valence-corrected chi connectivity index (χ2v) is 2.83. The quantitative estimate of drug-likeness (QED) is 0.260. The number of carbonyl (C=O) groups is 1. The predicted octanol–water partition coefficient (Wildman–Crippen LogP) is 0.395. The molecule has 1 heterocycles. The van der Waals surface area contributed by atoms with Crippen molar-refractivity contribution in [2.75, 3.05) is 32.8 Å². The van der Waals surface area contributed by atoms with Crippen LogP contribution in [0.5, 0.6) is 0 Å². The van der Waals surface area contributed by atoms with E-state index in [0.29, 0.717) is 13.2 Å². The van der Waals surface area contributed by atoms with Gasteiger partial charge in [-0.15, -0.1) is 0 Å². The number of carbonyl (C=O) groups excluding carboxylic acids is 1. The molecule has 0 aliphatic carbocycles. The van der Waals surface area contributed by atoms with E-state index in [0.717, 1.165) is 19.6 Å². The maximum atomic E-state index is 11.0. The van der Waals surface area contributed by atoms with E-state index in [2.05, 4.69) is 11.5 Å². The highest BCUT2D eigenvalue weighted by molar-refractivity contribution is 5.85. The van der Waals surface area contributed by atoms with E-state index >= 15 is 0 Å². The highest BCUT2D eigenvalue weighted by Crippen LogP contribution is 2.03. The van der Waals surface area contributed by atoms with Gasteiger partial charge in [0.25, 0.3) is 0 Å². The van der Waals surface area contributed by atoms with Crippen molar-refractivity contribution in [3.05, 3.63) is 12.3 Å². The summed E-state index contributed by atoms with van der Waals surface area (Å²) in [5.41, 5.74) is 0. The van der Waals surface area contributed by atoms with Crippen LogP contribution in [-0.4, -0.2) is 43.7 Å². The van der Waals surface area contributed by atoms with Crippen molar-refractivity contribution in [1.82, 2.24) is 4.90 Å². The van der Waals surface area contributed by atoms with Crippen molar-refractivity contribution in [2.24, 2.45) is 0 Å². The van der Waals surface area contributed by atoms with Crippen molar-refractivity contribution in [3.63, 3.8) is 0 Å². The Balaban J connectivity index is 2.04. The zero-order chi connectivity index (χ0) is 9.68. The van der Waals surface area contributed by atoms with Crippen LogP contribution in [0.2, 0.25) is 0 Å². The van der Waals surface area contributed by atoms with E-state index in [1.807, 2.05) is 0 Å². The largest absolute Gasteiger partial charge is 0.486 e. The lowest BCUT2D eigenvalue weighted by atomic mass is 10.5. The third-order valence-electron chi connectivity index (χ3n) is 1.73. The Morgan fingerprint density at radius 1 is 1.46 bits per heavy atom. The SMILES string of the molecule is C=C(OCCN1CC1)C(=O)OCC. The number of rotatable bonds is 6. The molecule has 0 aromatic carbocycles. The molecule has 0 saturated carbocycles. The molecular formula is C9H15NO3. The van der Waals surface area contributed by atoms with Gasteiger partial charge in [0.05, 0.1) is 6.61 Å². The lowest BCUT2D eigenvalue weighted by molar-refractivity contribution is -0.142. The minimum atomic E-state index is -0.465. The summed E-state index contributed by atoms with van der Waals surface area (Å²) in [6.45, 7) is 9.22. The Kier molecular flexibility index (Phi) is 3.76. The van der Waals surface area contributed by atoms with Gasteiger partial charge in [-0.2, -0.15) is 0 Å². The van der Waals surface area contributed by atoms with Crippen LogP contribution >= 0.6 is 0 Å². The number of nitrogens with zero attached hydrogens (tertiary/aromatic N) is 1. The minimum Gasteiger partial charge on any atom is -0.486 e. The van der Waals surface area contributed by atoms with Crippen LogP contribution in [0.4, 0.5) is 0 Å². The molecule has 4 heteroatoms. The van der Waals surface area contributed by atoms with E-state index in [4.69, 9.17) is 9.47 Å². The smallest absolute Gasteiger partial charge is 0.372 e. The molecule has 0 N–H and O–H groups in total. The summed E-state index contributed by atoms with van der Waals surface area (Å²) in [7, 11) is 0. The van der Waals surface area contributed by atoms with Gasteiger partial charge in [0, 0.05) is 19.6 Å². The summed E-state index contributed by atoms with van der Waals surface area (Å²) in [4.78, 5) is 13.2. The van der Waals surface area contributed by atoms with Crippen molar-refractivity contribution < 1.29 is 14.3 Å². The minimum absolute atomic E-state index is 0.101. The Morgan fingerprint density at radius 3 is 2.69 bits per heavy atom. The van der Waals surface area contributed by atoms with Crippen molar-refractivity contribution >= 4 is 5.97 Å². The summed E-state index contributed by atoms with van der Waals surface area (Å²) in [6.07, 6.45) is 0. The number of ether oxygens (including phenoxy) is 2. The van der Waals surface area contributed by atoms with Crippen molar-refractivity contribution in [2.45, 2.75) is 6.92 Å². The molecule has 0 aromatic heterocycles. The zero-order valence-corrected chi connectivity index (χ0v) is 7.91. The van der Waals surface area contributed by atoms with Gasteiger partial charge in [0.1, 0.15) is 6.61 Å². The highest BCUT2D eigenvalue weighted by Gasteiger charge is 2.17. The fourth-order valence-corrected chi connectivity index (χ4v) is 0.863. The first-order valence-electron chi connectivity index (χ1n) is 4.45. The molecule has 1 aliphatic heterocycles. The van der Waals surface area contributed by atoms with E-state index in [9.17, 15) is 4.79 Å². The van der Waals surface area contributed by atoms with Crippen LogP contribution in [0.15, 0.2) is 12.3 Å². The monoisotopic (exact) mass is 185 g/mol. The molecule has 0 unspecified atom stereocenters. The van der Waals surface area contributed by atoms with Crippen LogP contribution in [0.1, 0.15) is 6.92 Å². The standard InChI is InChI=1S/C9H15NO3/c1-3-12-9(11)8(2)13-7-6-10-4-5-10/h2-7H2,1H3. The van der Waals surface area contributed by atoms with E-state index in [1.165, 1.54) is 0 Å². The normalized spacial score (nSPS) is 15.2. The molecule has 1 aliphatic rings. The highest BCUT2D eigenvalue weighted by atomic mass is 16.6. The molecule has 4 nitrogen and oxygen atoms in total. The average Bonchev–Trinajstić information content (AvgIpc) is 2.88. The van der Waals surface area contributed by atoms with Gasteiger partial charge in [-0.25, -0.2) is 4.79 Å². The first-order chi connectivity index (χ1) is 6.24. The summed E-state index contributed by atoms with van der Waals surface area (Å²) in [5.74, 6) is -0.364. The predicted molar refractivity (Wildman–Crippen MR) is 48.2 cm³/mol. The molecule has 1 fully saturated rings. The van der Waals surface area contributed by atoms with Gasteiger partial charge >= 0.3 is 5.97 Å². The van der Waals surface area contributed by atoms with Gasteiger partial charge in [0.2, 0.25) is 0 Å². The molecule has 0 spiro atoms. The van der Waals surface area contributed by atoms with Crippen LogP contribution < -0.4 is 0 Å². The number of hydrogen-bond acceptors (Lipinski definition) is 4. The Hall–Kier alpha value is -1.03. The summed E-state index contributed by atoms with van der Waals surface area (Å²) in [6, 6.07) is 0. The fourth-order valence-electron chi connectivity index (χ4n) is 0.863.